The van der Waals surface area contributed by atoms with Crippen molar-refractivity contribution in [2.24, 2.45) is 5.41 Å². The Bertz CT molecular complexity index is 856. The van der Waals surface area contributed by atoms with Crippen LogP contribution in [0.5, 0.6) is 5.75 Å². The number of nitrogens with zero attached hydrogens (tertiary/aromatic N) is 2. The van der Waals surface area contributed by atoms with Crippen molar-refractivity contribution in [1.82, 2.24) is 15.1 Å². The van der Waals surface area contributed by atoms with Crippen LogP contribution in [-0.2, 0) is 20.8 Å². The molecule has 4 rings (SSSR count). The van der Waals surface area contributed by atoms with Gasteiger partial charge < -0.3 is 19.9 Å². The first-order valence-corrected chi connectivity index (χ1v) is 12.0. The molecule has 1 saturated carbocycles. The highest BCUT2D eigenvalue weighted by Crippen LogP contribution is 2.44. The molecule has 1 aromatic rings. The van der Waals surface area contributed by atoms with Crippen LogP contribution in [0.1, 0.15) is 57.4 Å². The van der Waals surface area contributed by atoms with Crippen LogP contribution in [0.15, 0.2) is 24.3 Å². The lowest BCUT2D eigenvalue weighted by Crippen LogP contribution is -2.48. The van der Waals surface area contributed by atoms with Crippen molar-refractivity contribution in [2.45, 2.75) is 70.4 Å². The van der Waals surface area contributed by atoms with Crippen LogP contribution in [0.2, 0.25) is 0 Å². The van der Waals surface area contributed by atoms with E-state index in [4.69, 9.17) is 4.74 Å². The van der Waals surface area contributed by atoms with Gasteiger partial charge in [0.25, 0.3) is 0 Å². The third kappa shape index (κ3) is 4.48. The average Bonchev–Trinajstić information content (AvgIpc) is 3.41. The summed E-state index contributed by atoms with van der Waals surface area (Å²) in [5.41, 5.74) is 0.410. The third-order valence-corrected chi connectivity index (χ3v) is 7.58. The lowest BCUT2D eigenvalue weighted by Gasteiger charge is -2.38. The zero-order valence-electron chi connectivity index (χ0n) is 19.3. The summed E-state index contributed by atoms with van der Waals surface area (Å²) < 4.78 is 5.25. The molecule has 1 aromatic carbocycles. The molecular weight excluding hydrogens is 406 g/mol. The van der Waals surface area contributed by atoms with Crippen LogP contribution in [0.4, 0.5) is 0 Å². The van der Waals surface area contributed by atoms with Crippen molar-refractivity contribution in [1.29, 1.82) is 0 Å². The smallest absolute Gasteiger partial charge is 0.243 e. The monoisotopic (exact) mass is 441 g/mol. The highest BCUT2D eigenvalue weighted by molar-refractivity contribution is 5.94. The van der Waals surface area contributed by atoms with Gasteiger partial charge in [0.1, 0.15) is 11.8 Å². The molecule has 3 aliphatic rings. The van der Waals surface area contributed by atoms with Gasteiger partial charge in [-0.15, -0.1) is 0 Å². The first-order valence-electron chi connectivity index (χ1n) is 12.0. The summed E-state index contributed by atoms with van der Waals surface area (Å²) in [7, 11) is 1.62. The minimum absolute atomic E-state index is 0.000468. The molecule has 1 N–H and O–H groups in total. The maximum atomic E-state index is 13.3. The Morgan fingerprint density at radius 1 is 1.19 bits per heavy atom. The maximum absolute atomic E-state index is 13.3. The molecule has 2 aliphatic heterocycles. The fourth-order valence-corrected chi connectivity index (χ4v) is 5.65. The summed E-state index contributed by atoms with van der Waals surface area (Å²) in [5.74, 6) is 0.902. The molecule has 7 heteroatoms. The van der Waals surface area contributed by atoms with Crippen LogP contribution in [0.25, 0.3) is 0 Å². The van der Waals surface area contributed by atoms with Crippen LogP contribution in [0.3, 0.4) is 0 Å². The Kier molecular flexibility index (Phi) is 6.72. The molecular formula is C25H35N3O4. The standard InChI is InChI=1S/C25H35N3O4/c1-3-28-21(23(30)26-19-8-4-5-9-19)17-25(24(28)31)11-13-27(14-12-25)22(29)16-18-7-6-10-20(15-18)32-2/h6-7,10,15,19,21H,3-5,8-9,11-14,16-17H2,1-2H3,(H,26,30). The molecule has 0 bridgehead atoms. The fourth-order valence-electron chi connectivity index (χ4n) is 5.65. The number of ether oxygens (including phenoxy) is 1. The van der Waals surface area contributed by atoms with Gasteiger partial charge in [0.2, 0.25) is 17.7 Å². The second kappa shape index (κ2) is 9.51. The van der Waals surface area contributed by atoms with E-state index in [2.05, 4.69) is 5.32 Å². The van der Waals surface area contributed by atoms with Gasteiger partial charge in [-0.25, -0.2) is 0 Å². The summed E-state index contributed by atoms with van der Waals surface area (Å²) in [6.45, 7) is 3.60. The summed E-state index contributed by atoms with van der Waals surface area (Å²) >= 11 is 0. The van der Waals surface area contributed by atoms with E-state index in [-0.39, 0.29) is 29.8 Å². The normalized spacial score (nSPS) is 23.1. The molecule has 1 aliphatic carbocycles. The summed E-state index contributed by atoms with van der Waals surface area (Å²) in [4.78, 5) is 42.8. The molecule has 1 atom stereocenters. The summed E-state index contributed by atoms with van der Waals surface area (Å²) in [5, 5.41) is 3.18. The predicted molar refractivity (Wildman–Crippen MR) is 121 cm³/mol. The van der Waals surface area contributed by atoms with Crippen LogP contribution in [-0.4, -0.2) is 66.3 Å². The molecule has 2 saturated heterocycles. The average molecular weight is 442 g/mol. The van der Waals surface area contributed by atoms with E-state index in [1.54, 1.807) is 12.0 Å². The number of likely N-dealkylation sites (tertiary alicyclic amines) is 2. The summed E-state index contributed by atoms with van der Waals surface area (Å²) in [6, 6.07) is 7.44. The Labute approximate surface area is 190 Å². The third-order valence-electron chi connectivity index (χ3n) is 7.58. The van der Waals surface area contributed by atoms with Gasteiger partial charge in [-0.05, 0) is 56.7 Å². The number of carbonyl (C=O) groups excluding carboxylic acids is 3. The molecule has 3 fully saturated rings. The van der Waals surface area contributed by atoms with Crippen molar-refractivity contribution < 1.29 is 19.1 Å². The molecule has 1 unspecified atom stereocenters. The van der Waals surface area contributed by atoms with Crippen LogP contribution in [0, 0.1) is 5.41 Å². The van der Waals surface area contributed by atoms with Gasteiger partial charge in [-0.2, -0.15) is 0 Å². The minimum Gasteiger partial charge on any atom is -0.497 e. The van der Waals surface area contributed by atoms with Crippen molar-refractivity contribution in [3.05, 3.63) is 29.8 Å². The van der Waals surface area contributed by atoms with Gasteiger partial charge in [-0.3, -0.25) is 14.4 Å². The van der Waals surface area contributed by atoms with Gasteiger partial charge in [0, 0.05) is 25.7 Å². The second-order valence-corrected chi connectivity index (χ2v) is 9.49. The number of amides is 3. The Balaban J connectivity index is 1.37. The van der Waals surface area contributed by atoms with Gasteiger partial charge >= 0.3 is 0 Å². The first kappa shape index (κ1) is 22.6. The van der Waals surface area contributed by atoms with Crippen molar-refractivity contribution in [3.63, 3.8) is 0 Å². The zero-order chi connectivity index (χ0) is 22.7. The quantitative estimate of drug-likeness (QED) is 0.736. The van der Waals surface area contributed by atoms with E-state index in [0.29, 0.717) is 45.3 Å². The highest BCUT2D eigenvalue weighted by atomic mass is 16.5. The maximum Gasteiger partial charge on any atom is 0.243 e. The number of nitrogens with one attached hydrogen (secondary N) is 1. The predicted octanol–water partition coefficient (Wildman–Crippen LogP) is 2.53. The van der Waals surface area contributed by atoms with E-state index < -0.39 is 5.41 Å². The number of methoxy groups -OCH3 is 1. The molecule has 3 amide bonds. The topological polar surface area (TPSA) is 79.0 Å². The van der Waals surface area contributed by atoms with Crippen molar-refractivity contribution in [2.75, 3.05) is 26.7 Å². The van der Waals surface area contributed by atoms with E-state index >= 15 is 0 Å². The van der Waals surface area contributed by atoms with Crippen molar-refractivity contribution in [3.8, 4) is 5.75 Å². The number of carbonyl (C=O) groups is 3. The summed E-state index contributed by atoms with van der Waals surface area (Å²) in [6.07, 6.45) is 6.54. The molecule has 0 aromatic heterocycles. The van der Waals surface area contributed by atoms with Crippen LogP contribution >= 0.6 is 0 Å². The zero-order valence-corrected chi connectivity index (χ0v) is 19.3. The highest BCUT2D eigenvalue weighted by Gasteiger charge is 2.54. The Hall–Kier alpha value is -2.57. The van der Waals surface area contributed by atoms with E-state index in [1.165, 1.54) is 0 Å². The number of piperidine rings is 1. The lowest BCUT2D eigenvalue weighted by atomic mass is 9.75. The Morgan fingerprint density at radius 2 is 1.91 bits per heavy atom. The molecule has 1 spiro atoms. The van der Waals surface area contributed by atoms with Crippen LogP contribution < -0.4 is 10.1 Å². The number of rotatable bonds is 6. The molecule has 2 heterocycles. The van der Waals surface area contributed by atoms with Gasteiger partial charge in [-0.1, -0.05) is 25.0 Å². The SMILES string of the molecule is CCN1C(=O)C2(CCN(C(=O)Cc3cccc(OC)c3)CC2)CC1C(=O)NC1CCCC1. The molecule has 7 nitrogen and oxygen atoms in total. The molecule has 32 heavy (non-hydrogen) atoms. The van der Waals surface area contributed by atoms with Gasteiger partial charge in [0.05, 0.1) is 18.9 Å². The first-order chi connectivity index (χ1) is 15.5. The lowest BCUT2D eigenvalue weighted by molar-refractivity contribution is -0.143. The minimum atomic E-state index is -0.513. The molecule has 0 radical (unpaired) electrons. The fraction of sp³-hybridized carbons (Fsp3) is 0.640. The van der Waals surface area contributed by atoms with E-state index in [0.717, 1.165) is 37.0 Å². The van der Waals surface area contributed by atoms with Crippen molar-refractivity contribution >= 4 is 17.7 Å². The number of likely N-dealkylation sites (N-methyl/N-ethyl adjacent to an activating group) is 1. The Morgan fingerprint density at radius 3 is 2.56 bits per heavy atom. The largest absolute Gasteiger partial charge is 0.497 e. The van der Waals surface area contributed by atoms with Gasteiger partial charge in [0.15, 0.2) is 0 Å². The second-order valence-electron chi connectivity index (χ2n) is 9.49. The number of hydrogen-bond donors (Lipinski definition) is 1. The van der Waals surface area contributed by atoms with E-state index in [1.807, 2.05) is 36.1 Å². The van der Waals surface area contributed by atoms with E-state index in [9.17, 15) is 14.4 Å². The number of hydrogen-bond acceptors (Lipinski definition) is 4. The molecule has 174 valence electrons. The number of benzene rings is 1.